The average Bonchev–Trinajstić information content (AvgIpc) is 2.67. The summed E-state index contributed by atoms with van der Waals surface area (Å²) in [6.07, 6.45) is 1.94. The Bertz CT molecular complexity index is 682. The van der Waals surface area contributed by atoms with Gasteiger partial charge in [-0.3, -0.25) is 4.79 Å². The molecule has 0 bridgehead atoms. The molecule has 1 aliphatic rings. The summed E-state index contributed by atoms with van der Waals surface area (Å²) in [6.45, 7) is 2.58. The summed E-state index contributed by atoms with van der Waals surface area (Å²) in [7, 11) is 3.65. The number of methoxy groups -OCH3 is 1. The van der Waals surface area contributed by atoms with Gasteiger partial charge >= 0.3 is 0 Å². The van der Waals surface area contributed by atoms with E-state index in [0.717, 1.165) is 31.5 Å². The molecule has 3 rings (SSSR count). The average molecular weight is 340 g/mol. The Kier molecular flexibility index (Phi) is 5.60. The predicted octanol–water partition coefficient (Wildman–Crippen LogP) is 2.22. The fourth-order valence-corrected chi connectivity index (χ4v) is 3.14. The molecule has 1 amide bonds. The number of ether oxygens (including phenoxy) is 1. The maximum atomic E-state index is 13.1. The van der Waals surface area contributed by atoms with Crippen LogP contribution in [-0.4, -0.2) is 59.2 Å². The number of nitrogens with zero attached hydrogens (tertiary/aromatic N) is 4. The van der Waals surface area contributed by atoms with Crippen molar-refractivity contribution < 1.29 is 9.53 Å². The molecule has 0 unspecified atom stereocenters. The molecule has 6 heteroatoms. The molecule has 1 aromatic heterocycles. The Morgan fingerprint density at radius 3 is 2.48 bits per heavy atom. The molecule has 0 saturated carbocycles. The molecule has 0 spiro atoms. The van der Waals surface area contributed by atoms with Crippen molar-refractivity contribution in [3.05, 3.63) is 53.7 Å². The minimum absolute atomic E-state index is 0.0754. The topological polar surface area (TPSA) is 58.6 Å². The number of carbonyl (C=O) groups excluding carboxylic acids is 1. The van der Waals surface area contributed by atoms with Crippen molar-refractivity contribution in [3.63, 3.8) is 0 Å². The van der Waals surface area contributed by atoms with Crippen molar-refractivity contribution in [2.24, 2.45) is 0 Å². The molecule has 0 aliphatic carbocycles. The quantitative estimate of drug-likeness (QED) is 0.835. The zero-order valence-corrected chi connectivity index (χ0v) is 14.8. The second-order valence-corrected chi connectivity index (χ2v) is 6.41. The Morgan fingerprint density at radius 2 is 1.88 bits per heavy atom. The molecule has 132 valence electrons. The van der Waals surface area contributed by atoms with E-state index in [1.165, 1.54) is 7.11 Å². The lowest BCUT2D eigenvalue weighted by atomic mass is 10.0. The van der Waals surface area contributed by atoms with Gasteiger partial charge in [-0.25, -0.2) is 0 Å². The summed E-state index contributed by atoms with van der Waals surface area (Å²) in [6, 6.07) is 13.7. The molecule has 2 heterocycles. The van der Waals surface area contributed by atoms with Gasteiger partial charge in [-0.15, -0.1) is 10.2 Å². The number of hydrogen-bond donors (Lipinski definition) is 0. The van der Waals surface area contributed by atoms with Crippen molar-refractivity contribution >= 4 is 5.91 Å². The highest BCUT2D eigenvalue weighted by molar-refractivity contribution is 5.92. The van der Waals surface area contributed by atoms with Crippen molar-refractivity contribution in [2.45, 2.75) is 25.4 Å². The molecule has 6 nitrogen and oxygen atoms in total. The number of benzene rings is 1. The normalized spacial score (nSPS) is 15.8. The van der Waals surface area contributed by atoms with Crippen LogP contribution in [0.5, 0.6) is 5.88 Å². The van der Waals surface area contributed by atoms with Crippen LogP contribution in [0.15, 0.2) is 42.5 Å². The Labute approximate surface area is 148 Å². The van der Waals surface area contributed by atoms with Crippen LogP contribution in [0.4, 0.5) is 0 Å². The number of piperidine rings is 1. The van der Waals surface area contributed by atoms with Crippen molar-refractivity contribution in [1.82, 2.24) is 20.0 Å². The van der Waals surface area contributed by atoms with Gasteiger partial charge in [0.2, 0.25) is 5.88 Å². The molecular formula is C19H24N4O2. The number of amides is 1. The smallest absolute Gasteiger partial charge is 0.274 e. The van der Waals surface area contributed by atoms with E-state index >= 15 is 0 Å². The predicted molar refractivity (Wildman–Crippen MR) is 95.4 cm³/mol. The maximum Gasteiger partial charge on any atom is 0.274 e. The van der Waals surface area contributed by atoms with Gasteiger partial charge < -0.3 is 14.5 Å². The van der Waals surface area contributed by atoms with Crippen molar-refractivity contribution in [3.8, 4) is 5.88 Å². The van der Waals surface area contributed by atoms with Crippen LogP contribution in [0.2, 0.25) is 0 Å². The van der Waals surface area contributed by atoms with E-state index in [1.807, 2.05) is 23.1 Å². The molecular weight excluding hydrogens is 316 g/mol. The van der Waals surface area contributed by atoms with Crippen molar-refractivity contribution in [1.29, 1.82) is 0 Å². The summed E-state index contributed by atoms with van der Waals surface area (Å²) >= 11 is 0. The van der Waals surface area contributed by atoms with Crippen LogP contribution in [0.1, 0.15) is 28.9 Å². The molecule has 0 radical (unpaired) electrons. The standard InChI is InChI=1S/C19H24N4O2/c1-22-12-10-16(11-13-22)23(14-15-6-4-3-5-7-15)19(24)17-8-9-18(25-2)21-20-17/h3-9,16H,10-14H2,1-2H3. The number of carbonyl (C=O) groups is 1. The summed E-state index contributed by atoms with van der Waals surface area (Å²) in [5, 5.41) is 7.98. The molecule has 2 aromatic rings. The molecule has 0 atom stereocenters. The highest BCUT2D eigenvalue weighted by Crippen LogP contribution is 2.21. The number of rotatable bonds is 5. The minimum Gasteiger partial charge on any atom is -0.480 e. The molecule has 1 aromatic carbocycles. The lowest BCUT2D eigenvalue weighted by molar-refractivity contribution is 0.0562. The van der Waals surface area contributed by atoms with E-state index in [2.05, 4.69) is 34.3 Å². The largest absolute Gasteiger partial charge is 0.480 e. The van der Waals surface area contributed by atoms with Gasteiger partial charge in [0, 0.05) is 18.7 Å². The third kappa shape index (κ3) is 4.33. The third-order valence-corrected chi connectivity index (χ3v) is 4.65. The van der Waals surface area contributed by atoms with Gasteiger partial charge in [-0.05, 0) is 44.6 Å². The first kappa shape index (κ1) is 17.4. The van der Waals surface area contributed by atoms with Crippen LogP contribution in [0, 0.1) is 0 Å². The van der Waals surface area contributed by atoms with Gasteiger partial charge in [0.25, 0.3) is 5.91 Å². The van der Waals surface area contributed by atoms with Crippen molar-refractivity contribution in [2.75, 3.05) is 27.2 Å². The van der Waals surface area contributed by atoms with Crippen LogP contribution < -0.4 is 4.74 Å². The fourth-order valence-electron chi connectivity index (χ4n) is 3.14. The minimum atomic E-state index is -0.0754. The third-order valence-electron chi connectivity index (χ3n) is 4.65. The van der Waals surface area contributed by atoms with Crippen LogP contribution in [-0.2, 0) is 6.54 Å². The zero-order chi connectivity index (χ0) is 17.6. The zero-order valence-electron chi connectivity index (χ0n) is 14.8. The van der Waals surface area contributed by atoms with Gasteiger partial charge in [0.15, 0.2) is 5.69 Å². The molecule has 25 heavy (non-hydrogen) atoms. The van der Waals surface area contributed by atoms with E-state index in [9.17, 15) is 4.79 Å². The summed E-state index contributed by atoms with van der Waals surface area (Å²) < 4.78 is 5.03. The van der Waals surface area contributed by atoms with Crippen LogP contribution in [0.25, 0.3) is 0 Å². The molecule has 1 aliphatic heterocycles. The monoisotopic (exact) mass is 340 g/mol. The summed E-state index contributed by atoms with van der Waals surface area (Å²) in [5.41, 5.74) is 1.48. The molecule has 0 N–H and O–H groups in total. The van der Waals surface area contributed by atoms with E-state index in [1.54, 1.807) is 12.1 Å². The maximum absolute atomic E-state index is 13.1. The SMILES string of the molecule is COc1ccc(C(=O)N(Cc2ccccc2)C2CCN(C)CC2)nn1. The van der Waals surface area contributed by atoms with Gasteiger partial charge in [0.1, 0.15) is 0 Å². The first-order valence-corrected chi connectivity index (χ1v) is 8.58. The number of hydrogen-bond acceptors (Lipinski definition) is 5. The summed E-state index contributed by atoms with van der Waals surface area (Å²) in [4.78, 5) is 17.3. The molecule has 1 saturated heterocycles. The first-order valence-electron chi connectivity index (χ1n) is 8.58. The van der Waals surface area contributed by atoms with E-state index < -0.39 is 0 Å². The van der Waals surface area contributed by atoms with Crippen LogP contribution >= 0.6 is 0 Å². The number of aromatic nitrogens is 2. The lowest BCUT2D eigenvalue weighted by Gasteiger charge is -2.37. The van der Waals surface area contributed by atoms with E-state index in [-0.39, 0.29) is 11.9 Å². The fraction of sp³-hybridized carbons (Fsp3) is 0.421. The Balaban J connectivity index is 1.82. The summed E-state index contributed by atoms with van der Waals surface area (Å²) in [5.74, 6) is 0.332. The second-order valence-electron chi connectivity index (χ2n) is 6.41. The number of likely N-dealkylation sites (tertiary alicyclic amines) is 1. The van der Waals surface area contributed by atoms with Crippen LogP contribution in [0.3, 0.4) is 0 Å². The Hall–Kier alpha value is -2.47. The highest BCUT2D eigenvalue weighted by atomic mass is 16.5. The van der Waals surface area contributed by atoms with E-state index in [4.69, 9.17) is 4.74 Å². The van der Waals surface area contributed by atoms with E-state index in [0.29, 0.717) is 18.1 Å². The van der Waals surface area contributed by atoms with Gasteiger partial charge in [-0.1, -0.05) is 30.3 Å². The lowest BCUT2D eigenvalue weighted by Crippen LogP contribution is -2.46. The van der Waals surface area contributed by atoms with Gasteiger partial charge in [-0.2, -0.15) is 0 Å². The Morgan fingerprint density at radius 1 is 1.16 bits per heavy atom. The molecule has 1 fully saturated rings. The van der Waals surface area contributed by atoms with Gasteiger partial charge in [0.05, 0.1) is 7.11 Å². The second kappa shape index (κ2) is 8.07. The first-order chi connectivity index (χ1) is 12.2. The highest BCUT2D eigenvalue weighted by Gasteiger charge is 2.28.